The van der Waals surface area contributed by atoms with E-state index in [0.29, 0.717) is 23.0 Å². The van der Waals surface area contributed by atoms with Crippen LogP contribution >= 0.6 is 11.8 Å². The standard InChI is InChI=1S/C22H23N3O3S/c1-4-28-19-9-6-17(7-10-19)23-20(26)14-29-21-11-12-22(27)25(24-21)18-8-5-15(2)16(3)13-18/h5-13H,4,14H2,1-3H3,(H,23,26). The third-order valence-corrected chi connectivity index (χ3v) is 5.23. The van der Waals surface area contributed by atoms with E-state index >= 15 is 0 Å². The molecule has 6 nitrogen and oxygen atoms in total. The second-order valence-corrected chi connectivity index (χ2v) is 7.48. The van der Waals surface area contributed by atoms with Gasteiger partial charge in [-0.2, -0.15) is 9.78 Å². The predicted octanol–water partition coefficient (Wildman–Crippen LogP) is 3.98. The van der Waals surface area contributed by atoms with Gasteiger partial charge in [0, 0.05) is 11.8 Å². The number of hydrogen-bond donors (Lipinski definition) is 1. The monoisotopic (exact) mass is 409 g/mol. The number of aryl methyl sites for hydroxylation is 2. The van der Waals surface area contributed by atoms with Gasteiger partial charge in [0.25, 0.3) is 5.56 Å². The quantitative estimate of drug-likeness (QED) is 0.598. The molecule has 3 aromatic rings. The average Bonchev–Trinajstić information content (AvgIpc) is 2.71. The number of carbonyl (C=O) groups excluding carboxylic acids is 1. The van der Waals surface area contributed by atoms with Gasteiger partial charge in [-0.3, -0.25) is 9.59 Å². The van der Waals surface area contributed by atoms with Gasteiger partial charge >= 0.3 is 0 Å². The summed E-state index contributed by atoms with van der Waals surface area (Å²) in [7, 11) is 0. The number of ether oxygens (including phenoxy) is 1. The molecule has 7 heteroatoms. The minimum Gasteiger partial charge on any atom is -0.494 e. The molecule has 150 valence electrons. The van der Waals surface area contributed by atoms with Crippen LogP contribution in [-0.2, 0) is 4.79 Å². The van der Waals surface area contributed by atoms with Crippen LogP contribution in [0.4, 0.5) is 5.69 Å². The molecule has 1 heterocycles. The van der Waals surface area contributed by atoms with E-state index in [2.05, 4.69) is 10.4 Å². The number of aromatic nitrogens is 2. The maximum absolute atomic E-state index is 12.2. The van der Waals surface area contributed by atoms with Crippen molar-refractivity contribution in [1.82, 2.24) is 9.78 Å². The second kappa shape index (κ2) is 9.43. The summed E-state index contributed by atoms with van der Waals surface area (Å²) in [6.07, 6.45) is 0. The highest BCUT2D eigenvalue weighted by atomic mass is 32.2. The summed E-state index contributed by atoms with van der Waals surface area (Å²) in [5, 5.41) is 7.84. The first kappa shape index (κ1) is 20.7. The zero-order valence-corrected chi connectivity index (χ0v) is 17.5. The highest BCUT2D eigenvalue weighted by Gasteiger charge is 2.08. The van der Waals surface area contributed by atoms with Crippen molar-refractivity contribution in [3.05, 3.63) is 76.1 Å². The summed E-state index contributed by atoms with van der Waals surface area (Å²) in [6, 6.07) is 16.1. The Morgan fingerprint density at radius 2 is 1.83 bits per heavy atom. The van der Waals surface area contributed by atoms with Crippen LogP contribution in [0, 0.1) is 13.8 Å². The predicted molar refractivity (Wildman–Crippen MR) is 116 cm³/mol. The fourth-order valence-electron chi connectivity index (χ4n) is 2.65. The largest absolute Gasteiger partial charge is 0.494 e. The van der Waals surface area contributed by atoms with Crippen molar-refractivity contribution in [3.63, 3.8) is 0 Å². The van der Waals surface area contributed by atoms with Crippen molar-refractivity contribution in [3.8, 4) is 11.4 Å². The Bertz CT molecular complexity index is 1060. The first-order valence-electron chi connectivity index (χ1n) is 9.30. The summed E-state index contributed by atoms with van der Waals surface area (Å²) in [4.78, 5) is 24.5. The van der Waals surface area contributed by atoms with Crippen LogP contribution in [0.1, 0.15) is 18.1 Å². The lowest BCUT2D eigenvalue weighted by molar-refractivity contribution is -0.113. The molecule has 3 rings (SSSR count). The molecule has 0 radical (unpaired) electrons. The van der Waals surface area contributed by atoms with E-state index in [1.54, 1.807) is 18.2 Å². The SMILES string of the molecule is CCOc1ccc(NC(=O)CSc2ccc(=O)n(-c3ccc(C)c(C)c3)n2)cc1. The zero-order chi connectivity index (χ0) is 20.8. The molecule has 1 aromatic heterocycles. The van der Waals surface area contributed by atoms with Crippen LogP contribution < -0.4 is 15.6 Å². The molecule has 0 atom stereocenters. The van der Waals surface area contributed by atoms with Crippen LogP contribution in [0.5, 0.6) is 5.75 Å². The normalized spacial score (nSPS) is 10.6. The van der Waals surface area contributed by atoms with Crippen LogP contribution in [0.2, 0.25) is 0 Å². The lowest BCUT2D eigenvalue weighted by Gasteiger charge is -2.09. The Morgan fingerprint density at radius 3 is 2.52 bits per heavy atom. The molecule has 0 unspecified atom stereocenters. The van der Waals surface area contributed by atoms with Crippen LogP contribution in [0.15, 0.2) is 64.4 Å². The Morgan fingerprint density at radius 1 is 1.07 bits per heavy atom. The van der Waals surface area contributed by atoms with Crippen molar-refractivity contribution in [1.29, 1.82) is 0 Å². The Labute approximate surface area is 173 Å². The van der Waals surface area contributed by atoms with E-state index < -0.39 is 0 Å². The van der Waals surface area contributed by atoms with Crippen molar-refractivity contribution in [2.45, 2.75) is 25.8 Å². The van der Waals surface area contributed by atoms with Gasteiger partial charge in [-0.25, -0.2) is 0 Å². The molecule has 0 bridgehead atoms. The van der Waals surface area contributed by atoms with Gasteiger partial charge in [0.2, 0.25) is 5.91 Å². The first-order valence-corrected chi connectivity index (χ1v) is 10.3. The maximum Gasteiger partial charge on any atom is 0.271 e. The van der Waals surface area contributed by atoms with Crippen LogP contribution in [-0.4, -0.2) is 28.0 Å². The molecule has 29 heavy (non-hydrogen) atoms. The van der Waals surface area contributed by atoms with Gasteiger partial charge in [0.15, 0.2) is 0 Å². The topological polar surface area (TPSA) is 73.2 Å². The van der Waals surface area contributed by atoms with E-state index in [9.17, 15) is 9.59 Å². The number of anilines is 1. The summed E-state index contributed by atoms with van der Waals surface area (Å²) in [6.45, 7) is 6.53. The van der Waals surface area contributed by atoms with Gasteiger partial charge in [0.1, 0.15) is 10.8 Å². The molecule has 0 aliphatic rings. The lowest BCUT2D eigenvalue weighted by atomic mass is 10.1. The lowest BCUT2D eigenvalue weighted by Crippen LogP contribution is -2.21. The molecule has 0 aliphatic carbocycles. The Hall–Kier alpha value is -3.06. The average molecular weight is 410 g/mol. The molecular weight excluding hydrogens is 386 g/mol. The third-order valence-electron chi connectivity index (χ3n) is 4.31. The van der Waals surface area contributed by atoms with E-state index in [1.165, 1.54) is 22.5 Å². The number of rotatable bonds is 7. The summed E-state index contributed by atoms with van der Waals surface area (Å²) < 4.78 is 6.75. The van der Waals surface area contributed by atoms with Crippen LogP contribution in [0.25, 0.3) is 5.69 Å². The number of thioether (sulfide) groups is 1. The molecular formula is C22H23N3O3S. The zero-order valence-electron chi connectivity index (χ0n) is 16.6. The van der Waals surface area contributed by atoms with E-state index in [-0.39, 0.29) is 17.2 Å². The van der Waals surface area contributed by atoms with Gasteiger partial charge in [0.05, 0.1) is 18.0 Å². The highest BCUT2D eigenvalue weighted by Crippen LogP contribution is 2.18. The van der Waals surface area contributed by atoms with Gasteiger partial charge in [-0.15, -0.1) is 0 Å². The summed E-state index contributed by atoms with van der Waals surface area (Å²) in [5.74, 6) is 0.799. The van der Waals surface area contributed by atoms with E-state index in [1.807, 2.05) is 51.1 Å². The summed E-state index contributed by atoms with van der Waals surface area (Å²) in [5.41, 5.74) is 3.44. The van der Waals surface area contributed by atoms with Crippen molar-refractivity contribution < 1.29 is 9.53 Å². The molecule has 2 aromatic carbocycles. The molecule has 1 amide bonds. The van der Waals surface area contributed by atoms with E-state index in [0.717, 1.165) is 16.9 Å². The van der Waals surface area contributed by atoms with Gasteiger partial charge in [-0.05, 0) is 74.4 Å². The smallest absolute Gasteiger partial charge is 0.271 e. The van der Waals surface area contributed by atoms with Gasteiger partial charge in [-0.1, -0.05) is 17.8 Å². The van der Waals surface area contributed by atoms with E-state index in [4.69, 9.17) is 4.74 Å². The Balaban J connectivity index is 1.65. The number of carbonyl (C=O) groups is 1. The minimum absolute atomic E-state index is 0.148. The number of nitrogens with one attached hydrogen (secondary N) is 1. The first-order chi connectivity index (χ1) is 14.0. The Kier molecular flexibility index (Phi) is 6.72. The minimum atomic E-state index is -0.212. The molecule has 0 saturated carbocycles. The molecule has 0 saturated heterocycles. The van der Waals surface area contributed by atoms with Crippen molar-refractivity contribution in [2.24, 2.45) is 0 Å². The molecule has 1 N–H and O–H groups in total. The molecule has 0 spiro atoms. The second-order valence-electron chi connectivity index (χ2n) is 6.48. The number of benzene rings is 2. The van der Waals surface area contributed by atoms with Crippen LogP contribution in [0.3, 0.4) is 0 Å². The number of hydrogen-bond acceptors (Lipinski definition) is 5. The fourth-order valence-corrected chi connectivity index (χ4v) is 3.31. The van der Waals surface area contributed by atoms with Crippen molar-refractivity contribution in [2.75, 3.05) is 17.7 Å². The van der Waals surface area contributed by atoms with Gasteiger partial charge < -0.3 is 10.1 Å². The maximum atomic E-state index is 12.2. The number of nitrogens with zero attached hydrogens (tertiary/aromatic N) is 2. The molecule has 0 fully saturated rings. The third kappa shape index (κ3) is 5.48. The molecule has 0 aliphatic heterocycles. The summed E-state index contributed by atoms with van der Waals surface area (Å²) >= 11 is 1.28. The van der Waals surface area contributed by atoms with Crippen molar-refractivity contribution >= 4 is 23.4 Å². The number of amides is 1. The fraction of sp³-hybridized carbons (Fsp3) is 0.227. The highest BCUT2D eigenvalue weighted by molar-refractivity contribution is 7.99.